The Morgan fingerprint density at radius 1 is 0.757 bits per heavy atom. The fourth-order valence-electron chi connectivity index (χ4n) is 7.22. The third-order valence-corrected chi connectivity index (χ3v) is 12.0. The van der Waals surface area contributed by atoms with Gasteiger partial charge in [-0.2, -0.15) is 11.8 Å². The second kappa shape index (κ2) is 27.8. The summed E-state index contributed by atoms with van der Waals surface area (Å²) in [6.45, 7) is 3.96. The van der Waals surface area contributed by atoms with E-state index in [0.29, 0.717) is 0 Å². The molecule has 18 N–H and O–H groups in total. The van der Waals surface area contributed by atoms with E-state index >= 15 is 0 Å². The highest BCUT2D eigenvalue weighted by atomic mass is 32.2. The molecule has 3 fully saturated rings. The van der Waals surface area contributed by atoms with E-state index in [2.05, 4.69) is 36.9 Å². The number of ether oxygens (including phenoxy) is 5. The number of aliphatic hydroxyl groups is 3. The number of carboxylic acids is 3. The summed E-state index contributed by atoms with van der Waals surface area (Å²) in [6, 6.07) is -9.99. The number of guanidine groups is 1. The number of nitrogens with two attached hydrogens (primary N) is 3. The van der Waals surface area contributed by atoms with Crippen molar-refractivity contribution in [2.75, 3.05) is 31.3 Å². The average Bonchev–Trinajstić information content (AvgIpc) is 3.72. The van der Waals surface area contributed by atoms with Crippen molar-refractivity contribution < 1.29 is 97.5 Å². The molecule has 0 radical (unpaired) electrons. The van der Waals surface area contributed by atoms with Gasteiger partial charge in [0.05, 0.1) is 13.2 Å². The van der Waals surface area contributed by atoms with Crippen molar-refractivity contribution in [1.82, 2.24) is 31.9 Å². The minimum atomic E-state index is -1.73. The highest BCUT2D eigenvalue weighted by Gasteiger charge is 2.56. The van der Waals surface area contributed by atoms with Crippen LogP contribution >= 0.6 is 11.8 Å². The predicted molar refractivity (Wildman–Crippen MR) is 238 cm³/mol. The van der Waals surface area contributed by atoms with Crippen molar-refractivity contribution >= 4 is 71.1 Å². The highest BCUT2D eigenvalue weighted by molar-refractivity contribution is 7.99. The van der Waals surface area contributed by atoms with Crippen LogP contribution in [0.2, 0.25) is 0 Å². The Balaban J connectivity index is 1.69. The Kier molecular flexibility index (Phi) is 23.3. The maximum Gasteiger partial charge on any atom is 0.326 e. The zero-order chi connectivity index (χ0) is 52.6. The van der Waals surface area contributed by atoms with Crippen molar-refractivity contribution in [2.45, 2.75) is 151 Å². The topological polar surface area (TPSA) is 484 Å². The maximum absolute atomic E-state index is 13.5. The van der Waals surface area contributed by atoms with E-state index in [-0.39, 0.29) is 43.5 Å². The van der Waals surface area contributed by atoms with Crippen LogP contribution < -0.4 is 49.1 Å². The van der Waals surface area contributed by atoms with Gasteiger partial charge in [-0.05, 0) is 33.1 Å². The molecule has 0 aromatic rings. The van der Waals surface area contributed by atoms with Crippen LogP contribution in [0.5, 0.6) is 0 Å². The standard InChI is InChI=1S/C39H64N10O20S/c1-14(31(56)48-20(36(63)64)7-8-24(53)47-21(13-70-12-18(40)34(59)60)33(58)49-19(35(61)62)6-5-9-43-39(41)42)44-32(57)15(2)66-30-26(46-17(4)52)37-65-11-23(68-37)29(30)69-38-25(45-16(3)51)28(55)27(54)22(10-50)67-38/h14-15,18-23,25-30,37-38,50,54-55H,5-13,40H2,1-4H3,(H,44,57)(H,45,51)(H,46,52)(H,47,53)(H,48,56)(H,49,58)(H,59,60)(H,61,62)(H,63,64)(H4,41,42,43). The smallest absolute Gasteiger partial charge is 0.326 e. The SMILES string of the molecule is CC(=O)NC1C(OC2C3COC(O3)C(NC(C)=O)C2OC(C)C(=O)NC(C)C(=O)NC(CCC(=O)NC(CSCC(N)C(=O)O)C(=O)NC(CCCN=C(N)N)C(=O)O)C(=O)O)OC(CO)C(O)C1O. The average molecular weight is 1030 g/mol. The van der Waals surface area contributed by atoms with Crippen LogP contribution in [0.1, 0.15) is 53.4 Å². The van der Waals surface area contributed by atoms with E-state index in [4.69, 9.17) is 46.0 Å². The Labute approximate surface area is 404 Å². The molecule has 31 heteroatoms. The molecule has 3 rings (SSSR count). The number of carboxylic acid groups (broad SMARTS) is 3. The molecule has 0 aromatic carbocycles. The van der Waals surface area contributed by atoms with E-state index in [1.54, 1.807) is 0 Å². The van der Waals surface area contributed by atoms with E-state index in [1.807, 2.05) is 0 Å². The lowest BCUT2D eigenvalue weighted by atomic mass is 9.95. The second-order valence-corrected chi connectivity index (χ2v) is 17.6. The van der Waals surface area contributed by atoms with Gasteiger partial charge in [0.15, 0.2) is 18.5 Å². The molecule has 0 saturated carbocycles. The molecule has 30 nitrogen and oxygen atoms in total. The first-order valence-electron chi connectivity index (χ1n) is 21.9. The van der Waals surface area contributed by atoms with Crippen LogP contribution in [0.25, 0.3) is 0 Å². The molecule has 3 heterocycles. The fraction of sp³-hybridized carbons (Fsp3) is 0.744. The minimum absolute atomic E-state index is 0.0484. The first-order valence-corrected chi connectivity index (χ1v) is 23.0. The molecule has 0 aliphatic carbocycles. The number of nitrogens with zero attached hydrogens (tertiary/aromatic N) is 1. The van der Waals surface area contributed by atoms with Gasteiger partial charge in [-0.3, -0.25) is 38.6 Å². The van der Waals surface area contributed by atoms with Gasteiger partial charge in [0.2, 0.25) is 35.4 Å². The monoisotopic (exact) mass is 1020 g/mol. The van der Waals surface area contributed by atoms with Crippen molar-refractivity contribution in [3.05, 3.63) is 0 Å². The molecule has 16 atom stereocenters. The van der Waals surface area contributed by atoms with Gasteiger partial charge in [-0.1, -0.05) is 0 Å². The number of thioether (sulfide) groups is 1. The molecule has 70 heavy (non-hydrogen) atoms. The summed E-state index contributed by atoms with van der Waals surface area (Å²) in [7, 11) is 0. The minimum Gasteiger partial charge on any atom is -0.480 e. The Morgan fingerprint density at radius 3 is 1.96 bits per heavy atom. The first-order chi connectivity index (χ1) is 32.8. The number of carbonyl (C=O) groups excluding carboxylic acids is 6. The van der Waals surface area contributed by atoms with Gasteiger partial charge in [-0.15, -0.1) is 0 Å². The number of aliphatic imine (C=N–C) groups is 1. The van der Waals surface area contributed by atoms with Gasteiger partial charge in [-0.25, -0.2) is 9.59 Å². The quantitative estimate of drug-likeness (QED) is 0.0197. The largest absolute Gasteiger partial charge is 0.480 e. The molecule has 0 spiro atoms. The van der Waals surface area contributed by atoms with Crippen LogP contribution in [0.15, 0.2) is 4.99 Å². The van der Waals surface area contributed by atoms with Gasteiger partial charge in [0.25, 0.3) is 0 Å². The van der Waals surface area contributed by atoms with Crippen molar-refractivity contribution in [3.63, 3.8) is 0 Å². The van der Waals surface area contributed by atoms with Crippen LogP contribution in [0.3, 0.4) is 0 Å². The third kappa shape index (κ3) is 17.7. The summed E-state index contributed by atoms with van der Waals surface area (Å²) in [5, 5.41) is 74.2. The molecule has 3 saturated heterocycles. The number of aliphatic carboxylic acids is 3. The van der Waals surface area contributed by atoms with Crippen LogP contribution in [0, 0.1) is 0 Å². The van der Waals surface area contributed by atoms with E-state index in [0.717, 1.165) is 18.7 Å². The van der Waals surface area contributed by atoms with Gasteiger partial charge in [0, 0.05) is 38.3 Å². The molecule has 3 aliphatic heterocycles. The zero-order valence-electron chi connectivity index (χ0n) is 38.6. The van der Waals surface area contributed by atoms with Gasteiger partial charge >= 0.3 is 17.9 Å². The van der Waals surface area contributed by atoms with Gasteiger partial charge < -0.3 is 103 Å². The summed E-state index contributed by atoms with van der Waals surface area (Å²) >= 11 is 0.856. The highest BCUT2D eigenvalue weighted by Crippen LogP contribution is 2.35. The van der Waals surface area contributed by atoms with Crippen molar-refractivity contribution in [2.24, 2.45) is 22.2 Å². The molecule has 16 unspecified atom stereocenters. The molecular weight excluding hydrogens is 961 g/mol. The molecule has 0 aromatic heterocycles. The lowest BCUT2D eigenvalue weighted by Gasteiger charge is -2.47. The summed E-state index contributed by atoms with van der Waals surface area (Å²) < 4.78 is 29.7. The number of rotatable bonds is 28. The molecule has 396 valence electrons. The summed E-state index contributed by atoms with van der Waals surface area (Å²) in [4.78, 5) is 117. The number of hydrogen-bond donors (Lipinski definition) is 15. The summed E-state index contributed by atoms with van der Waals surface area (Å²) in [5.41, 5.74) is 16.1. The Hall–Kier alpha value is -5.51. The molecule has 2 bridgehead atoms. The predicted octanol–water partition coefficient (Wildman–Crippen LogP) is -7.54. The number of fused-ring (bicyclic) bond motifs is 2. The van der Waals surface area contributed by atoms with Crippen molar-refractivity contribution in [3.8, 4) is 0 Å². The lowest BCUT2D eigenvalue weighted by Crippen LogP contribution is -2.68. The lowest BCUT2D eigenvalue weighted by molar-refractivity contribution is -0.313. The third-order valence-electron chi connectivity index (χ3n) is 10.9. The zero-order valence-corrected chi connectivity index (χ0v) is 39.4. The molecule has 6 amide bonds. The maximum atomic E-state index is 13.5. The van der Waals surface area contributed by atoms with Crippen LogP contribution in [-0.2, 0) is 66.8 Å². The van der Waals surface area contributed by atoms with E-state index in [9.17, 15) is 68.7 Å². The second-order valence-electron chi connectivity index (χ2n) is 16.5. The van der Waals surface area contributed by atoms with Crippen molar-refractivity contribution in [1.29, 1.82) is 0 Å². The number of amides is 6. The summed E-state index contributed by atoms with van der Waals surface area (Å²) in [5.74, 6) is -10.1. The van der Waals surface area contributed by atoms with Crippen LogP contribution in [-0.4, -0.2) is 219 Å². The van der Waals surface area contributed by atoms with Gasteiger partial charge in [0.1, 0.15) is 85.0 Å². The van der Waals surface area contributed by atoms with Crippen LogP contribution in [0.4, 0.5) is 0 Å². The first kappa shape index (κ1) is 58.8. The number of nitrogens with one attached hydrogen (secondary N) is 6. The molecule has 3 aliphatic rings. The normalized spacial score (nSPS) is 27.4. The number of aliphatic hydroxyl groups excluding tert-OH is 3. The summed E-state index contributed by atoms with van der Waals surface area (Å²) in [6.07, 6.45) is -13.6. The number of carbonyl (C=O) groups is 9. The Morgan fingerprint density at radius 2 is 1.37 bits per heavy atom. The number of hydrogen-bond acceptors (Lipinski definition) is 20. The van der Waals surface area contributed by atoms with E-state index in [1.165, 1.54) is 20.8 Å². The molecular formula is C39H64N10O20S. The Bertz CT molecular complexity index is 1900. The fourth-order valence-corrected chi connectivity index (χ4v) is 8.22. The van der Waals surface area contributed by atoms with E-state index < -0.39 is 170 Å².